The summed E-state index contributed by atoms with van der Waals surface area (Å²) >= 11 is 11.6. The van der Waals surface area contributed by atoms with E-state index in [0.717, 1.165) is 0 Å². The summed E-state index contributed by atoms with van der Waals surface area (Å²) in [6.45, 7) is 0. The summed E-state index contributed by atoms with van der Waals surface area (Å²) in [5.74, 6) is -0.487. The van der Waals surface area contributed by atoms with Crippen molar-refractivity contribution < 1.29 is 4.79 Å². The molecule has 0 aromatic heterocycles. The number of nitrogens with one attached hydrogen (secondary N) is 2. The number of hydrazone groups is 1. The van der Waals surface area contributed by atoms with Crippen LogP contribution < -0.4 is 10.7 Å². The predicted molar refractivity (Wildman–Crippen MR) is 83.4 cm³/mol. The van der Waals surface area contributed by atoms with Gasteiger partial charge in [0.25, 0.3) is 5.91 Å². The fourth-order valence-electron chi connectivity index (χ4n) is 1.39. The zero-order valence-corrected chi connectivity index (χ0v) is 11.8. The van der Waals surface area contributed by atoms with Gasteiger partial charge in [-0.15, -0.1) is 0 Å². The maximum absolute atomic E-state index is 11.8. The van der Waals surface area contributed by atoms with E-state index in [1.165, 1.54) is 0 Å². The van der Waals surface area contributed by atoms with Crippen molar-refractivity contribution in [1.29, 1.82) is 0 Å². The summed E-state index contributed by atoms with van der Waals surface area (Å²) in [5.41, 5.74) is 4.01. The number of hydrogen-bond acceptors (Lipinski definition) is 3. The third kappa shape index (κ3) is 4.26. The van der Waals surface area contributed by atoms with Crippen LogP contribution in [0.1, 0.15) is 0 Å². The molecule has 0 aliphatic heterocycles. The van der Waals surface area contributed by atoms with E-state index in [4.69, 9.17) is 23.2 Å². The molecule has 0 aliphatic rings. The molecule has 1 amide bonds. The molecule has 0 unspecified atom stereocenters. The number of para-hydroxylation sites is 1. The third-order valence-electron chi connectivity index (χ3n) is 2.35. The zero-order valence-electron chi connectivity index (χ0n) is 10.3. The smallest absolute Gasteiger partial charge is 0.287 e. The second kappa shape index (κ2) is 6.93. The van der Waals surface area contributed by atoms with Gasteiger partial charge in [-0.25, -0.2) is 0 Å². The van der Waals surface area contributed by atoms with Gasteiger partial charge in [-0.3, -0.25) is 10.2 Å². The number of anilines is 2. The first kappa shape index (κ1) is 14.4. The molecule has 2 N–H and O–H groups in total. The van der Waals surface area contributed by atoms with Crippen LogP contribution in [0, 0.1) is 0 Å². The molecule has 2 rings (SSSR count). The van der Waals surface area contributed by atoms with Gasteiger partial charge < -0.3 is 5.32 Å². The van der Waals surface area contributed by atoms with Crippen molar-refractivity contribution in [2.45, 2.75) is 0 Å². The molecule has 0 aliphatic carbocycles. The lowest BCUT2D eigenvalue weighted by atomic mass is 10.3. The van der Waals surface area contributed by atoms with Crippen LogP contribution >= 0.6 is 23.2 Å². The molecule has 20 heavy (non-hydrogen) atoms. The van der Waals surface area contributed by atoms with Gasteiger partial charge in [0.1, 0.15) is 0 Å². The van der Waals surface area contributed by atoms with Gasteiger partial charge in [0.2, 0.25) is 5.17 Å². The normalized spacial score (nSPS) is 11.0. The van der Waals surface area contributed by atoms with Crippen LogP contribution in [0.15, 0.2) is 59.7 Å². The summed E-state index contributed by atoms with van der Waals surface area (Å²) in [7, 11) is 0. The van der Waals surface area contributed by atoms with Crippen LogP contribution in [0.5, 0.6) is 0 Å². The Morgan fingerprint density at radius 2 is 1.60 bits per heavy atom. The summed E-state index contributed by atoms with van der Waals surface area (Å²) in [4.78, 5) is 11.8. The van der Waals surface area contributed by atoms with Gasteiger partial charge in [-0.2, -0.15) is 5.10 Å². The summed E-state index contributed by atoms with van der Waals surface area (Å²) in [5, 5.41) is 6.85. The van der Waals surface area contributed by atoms with Crippen molar-refractivity contribution >= 4 is 45.7 Å². The number of carbonyl (C=O) groups is 1. The van der Waals surface area contributed by atoms with Crippen molar-refractivity contribution in [1.82, 2.24) is 0 Å². The molecule has 4 nitrogen and oxygen atoms in total. The topological polar surface area (TPSA) is 53.5 Å². The van der Waals surface area contributed by atoms with Crippen molar-refractivity contribution in [3.8, 4) is 0 Å². The number of amides is 1. The maximum atomic E-state index is 11.8. The lowest BCUT2D eigenvalue weighted by Crippen LogP contribution is -2.19. The Balaban J connectivity index is 1.96. The van der Waals surface area contributed by atoms with Crippen LogP contribution in [0.25, 0.3) is 0 Å². The summed E-state index contributed by atoms with van der Waals surface area (Å²) in [6.07, 6.45) is 0. The highest BCUT2D eigenvalue weighted by Crippen LogP contribution is 2.13. The van der Waals surface area contributed by atoms with Crippen molar-refractivity contribution in [3.05, 3.63) is 59.6 Å². The van der Waals surface area contributed by atoms with Crippen molar-refractivity contribution in [3.63, 3.8) is 0 Å². The second-order valence-electron chi connectivity index (χ2n) is 3.84. The monoisotopic (exact) mass is 307 g/mol. The molecule has 2 aromatic rings. The van der Waals surface area contributed by atoms with Gasteiger partial charge in [0, 0.05) is 10.7 Å². The highest BCUT2D eigenvalue weighted by molar-refractivity contribution is 6.84. The molecule has 0 radical (unpaired) electrons. The van der Waals surface area contributed by atoms with E-state index >= 15 is 0 Å². The molecular formula is C14H11Cl2N3O. The van der Waals surface area contributed by atoms with Gasteiger partial charge in [0.15, 0.2) is 0 Å². The molecule has 0 atom stereocenters. The van der Waals surface area contributed by atoms with Crippen LogP contribution in [-0.2, 0) is 4.79 Å². The zero-order chi connectivity index (χ0) is 14.4. The number of halogens is 2. The molecule has 0 saturated heterocycles. The van der Waals surface area contributed by atoms with Crippen molar-refractivity contribution in [2.24, 2.45) is 5.10 Å². The number of nitrogens with zero attached hydrogens (tertiary/aromatic N) is 1. The van der Waals surface area contributed by atoms with E-state index in [9.17, 15) is 4.79 Å². The first-order valence-corrected chi connectivity index (χ1v) is 6.52. The third-order valence-corrected chi connectivity index (χ3v) is 2.85. The van der Waals surface area contributed by atoms with Crippen LogP contribution in [0.3, 0.4) is 0 Å². The Kier molecular flexibility index (Phi) is 4.98. The van der Waals surface area contributed by atoms with Gasteiger partial charge in [0.05, 0.1) is 5.69 Å². The minimum atomic E-state index is -0.487. The highest BCUT2D eigenvalue weighted by Gasteiger charge is 2.08. The maximum Gasteiger partial charge on any atom is 0.287 e. The van der Waals surface area contributed by atoms with Crippen LogP contribution in [0.4, 0.5) is 11.4 Å². The van der Waals surface area contributed by atoms with Gasteiger partial charge in [-0.05, 0) is 36.4 Å². The average molecular weight is 308 g/mol. The summed E-state index contributed by atoms with van der Waals surface area (Å²) in [6, 6.07) is 15.9. The lowest BCUT2D eigenvalue weighted by Gasteiger charge is -2.04. The largest absolute Gasteiger partial charge is 0.320 e. The van der Waals surface area contributed by atoms with E-state index < -0.39 is 5.91 Å². The molecule has 6 heteroatoms. The average Bonchev–Trinajstić information content (AvgIpc) is 2.47. The quantitative estimate of drug-likeness (QED) is 0.664. The van der Waals surface area contributed by atoms with E-state index in [0.29, 0.717) is 16.4 Å². The molecule has 0 spiro atoms. The number of carbonyl (C=O) groups excluding carboxylic acids is 1. The minimum absolute atomic E-state index is 0.191. The second-order valence-corrected chi connectivity index (χ2v) is 4.64. The Hall–Kier alpha value is -2.04. The van der Waals surface area contributed by atoms with E-state index in [1.807, 2.05) is 18.2 Å². The molecule has 2 aromatic carbocycles. The molecule has 0 fully saturated rings. The SMILES string of the molecule is O=C(Nc1ccccc1)/C(Cl)=N/Nc1ccc(Cl)cc1. The lowest BCUT2D eigenvalue weighted by molar-refractivity contribution is -0.110. The number of rotatable bonds is 4. The molecular weight excluding hydrogens is 297 g/mol. The fraction of sp³-hybridized carbons (Fsp3) is 0. The first-order valence-electron chi connectivity index (χ1n) is 5.76. The summed E-state index contributed by atoms with van der Waals surface area (Å²) < 4.78 is 0. The van der Waals surface area contributed by atoms with E-state index in [-0.39, 0.29) is 5.17 Å². The van der Waals surface area contributed by atoms with Gasteiger partial charge >= 0.3 is 0 Å². The molecule has 0 heterocycles. The Morgan fingerprint density at radius 1 is 0.950 bits per heavy atom. The Bertz CT molecular complexity index is 612. The molecule has 0 bridgehead atoms. The fourth-order valence-corrected chi connectivity index (χ4v) is 1.61. The number of hydrogen-bond donors (Lipinski definition) is 2. The van der Waals surface area contributed by atoms with E-state index in [2.05, 4.69) is 15.8 Å². The standard InChI is InChI=1S/C14H11Cl2N3O/c15-10-6-8-12(9-7-10)18-19-13(16)14(20)17-11-4-2-1-3-5-11/h1-9,18H,(H,17,20)/b19-13-. The Labute approximate surface area is 126 Å². The van der Waals surface area contributed by atoms with E-state index in [1.54, 1.807) is 36.4 Å². The first-order chi connectivity index (χ1) is 9.65. The minimum Gasteiger partial charge on any atom is -0.320 e. The van der Waals surface area contributed by atoms with Crippen LogP contribution in [0.2, 0.25) is 5.02 Å². The number of benzene rings is 2. The molecule has 0 saturated carbocycles. The highest BCUT2D eigenvalue weighted by atomic mass is 35.5. The van der Waals surface area contributed by atoms with Gasteiger partial charge in [-0.1, -0.05) is 41.4 Å². The molecule has 102 valence electrons. The van der Waals surface area contributed by atoms with Crippen LogP contribution in [-0.4, -0.2) is 11.1 Å². The Morgan fingerprint density at radius 3 is 2.25 bits per heavy atom. The van der Waals surface area contributed by atoms with Crippen molar-refractivity contribution in [2.75, 3.05) is 10.7 Å². The predicted octanol–water partition coefficient (Wildman–Crippen LogP) is 3.94.